The molecule has 1 aromatic carbocycles. The summed E-state index contributed by atoms with van der Waals surface area (Å²) in [6.07, 6.45) is 5.74. The van der Waals surface area contributed by atoms with Crippen LogP contribution >= 0.6 is 0 Å². The molecule has 1 aromatic rings. The van der Waals surface area contributed by atoms with Gasteiger partial charge in [-0.2, -0.15) is 0 Å². The number of nitrogens with one attached hydrogen (secondary N) is 2. The van der Waals surface area contributed by atoms with Gasteiger partial charge in [0.15, 0.2) is 0 Å². The highest BCUT2D eigenvalue weighted by atomic mass is 32.2. The van der Waals surface area contributed by atoms with Crippen molar-refractivity contribution < 1.29 is 13.2 Å². The molecular weight excluding hydrogens is 288 g/mol. The Bertz CT molecular complexity index is 693. The first-order valence-electron chi connectivity index (χ1n) is 6.57. The lowest BCUT2D eigenvalue weighted by Crippen LogP contribution is -2.44. The third-order valence-electron chi connectivity index (χ3n) is 3.14. The average molecular weight is 306 g/mol. The van der Waals surface area contributed by atoms with Crippen LogP contribution in [0.5, 0.6) is 0 Å². The second-order valence-corrected chi connectivity index (χ2v) is 6.90. The summed E-state index contributed by atoms with van der Waals surface area (Å²) in [7, 11) is -3.58. The van der Waals surface area contributed by atoms with Crippen molar-refractivity contribution >= 4 is 15.9 Å². The lowest BCUT2D eigenvalue weighted by molar-refractivity contribution is -0.120. The summed E-state index contributed by atoms with van der Waals surface area (Å²) >= 11 is 0. The quantitative estimate of drug-likeness (QED) is 0.889. The van der Waals surface area contributed by atoms with E-state index in [-0.39, 0.29) is 10.8 Å². The first-order chi connectivity index (χ1) is 9.81. The van der Waals surface area contributed by atoms with Crippen molar-refractivity contribution in [2.45, 2.75) is 30.7 Å². The summed E-state index contributed by atoms with van der Waals surface area (Å²) < 4.78 is 26.9. The smallest absolute Gasteiger partial charge is 0.261 e. The molecule has 0 radical (unpaired) electrons. The first kappa shape index (κ1) is 15.3. The fraction of sp³-hybridized carbons (Fsp3) is 0.267. The molecule has 1 atom stereocenters. The van der Waals surface area contributed by atoms with Gasteiger partial charge in [0.2, 0.25) is 5.91 Å². The van der Waals surface area contributed by atoms with E-state index in [4.69, 9.17) is 0 Å². The second kappa shape index (κ2) is 5.73. The Morgan fingerprint density at radius 1 is 1.24 bits per heavy atom. The Morgan fingerprint density at radius 2 is 1.90 bits per heavy atom. The van der Waals surface area contributed by atoms with Crippen LogP contribution in [-0.2, 0) is 14.8 Å². The molecule has 1 aliphatic carbocycles. The molecule has 0 aliphatic heterocycles. The van der Waals surface area contributed by atoms with Gasteiger partial charge in [-0.05, 0) is 31.6 Å². The molecule has 2 N–H and O–H groups in total. The number of carbonyl (C=O) groups is 1. The zero-order valence-corrected chi connectivity index (χ0v) is 12.8. The van der Waals surface area contributed by atoms with Crippen LogP contribution in [-0.4, -0.2) is 19.9 Å². The summed E-state index contributed by atoms with van der Waals surface area (Å²) in [5, 5.41) is 2.83. The fourth-order valence-corrected chi connectivity index (χ4v) is 3.21. The third-order valence-corrected chi connectivity index (χ3v) is 4.54. The van der Waals surface area contributed by atoms with Crippen LogP contribution in [0.3, 0.4) is 0 Å². The zero-order valence-electron chi connectivity index (χ0n) is 12.0. The topological polar surface area (TPSA) is 75.3 Å². The minimum Gasteiger partial charge on any atom is -0.347 e. The molecule has 21 heavy (non-hydrogen) atoms. The number of hydrogen-bond donors (Lipinski definition) is 2. The van der Waals surface area contributed by atoms with Gasteiger partial charge in [0.1, 0.15) is 0 Å². The molecule has 5 nitrogen and oxygen atoms in total. The van der Waals surface area contributed by atoms with Crippen molar-refractivity contribution in [3.8, 4) is 0 Å². The van der Waals surface area contributed by atoms with Crippen LogP contribution in [0.1, 0.15) is 20.3 Å². The predicted molar refractivity (Wildman–Crippen MR) is 80.8 cm³/mol. The molecule has 6 heteroatoms. The normalized spacial score (nSPS) is 21.5. The number of amides is 1. The Hall–Kier alpha value is -2.08. The van der Waals surface area contributed by atoms with Crippen LogP contribution in [0.2, 0.25) is 0 Å². The SMILES string of the molecule is CC(=O)NC1(C)C=CC(NS(=O)(=O)c2ccccc2)=CC1. The van der Waals surface area contributed by atoms with E-state index in [0.29, 0.717) is 12.1 Å². The Morgan fingerprint density at radius 3 is 2.43 bits per heavy atom. The van der Waals surface area contributed by atoms with Crippen molar-refractivity contribution in [1.29, 1.82) is 0 Å². The monoisotopic (exact) mass is 306 g/mol. The van der Waals surface area contributed by atoms with Gasteiger partial charge in [-0.25, -0.2) is 8.42 Å². The molecule has 0 saturated carbocycles. The molecule has 112 valence electrons. The maximum atomic E-state index is 12.2. The summed E-state index contributed by atoms with van der Waals surface area (Å²) in [5.41, 5.74) is 0.0229. The standard InChI is InChI=1S/C15H18N2O3S/c1-12(18)16-15(2)10-8-13(9-11-15)17-21(19,20)14-6-4-3-5-7-14/h3-10,17H,11H2,1-2H3,(H,16,18). The molecule has 0 spiro atoms. The highest BCUT2D eigenvalue weighted by Gasteiger charge is 2.24. The number of rotatable bonds is 4. The Balaban J connectivity index is 2.10. The molecule has 1 aliphatic rings. The summed E-state index contributed by atoms with van der Waals surface area (Å²) in [4.78, 5) is 11.4. The second-order valence-electron chi connectivity index (χ2n) is 5.21. The average Bonchev–Trinajstić information content (AvgIpc) is 2.41. The maximum Gasteiger partial charge on any atom is 0.261 e. The van der Waals surface area contributed by atoms with Gasteiger partial charge >= 0.3 is 0 Å². The molecule has 1 amide bonds. The van der Waals surface area contributed by atoms with Crippen LogP contribution in [0.15, 0.2) is 59.2 Å². The van der Waals surface area contributed by atoms with Gasteiger partial charge in [-0.15, -0.1) is 0 Å². The molecule has 0 saturated heterocycles. The van der Waals surface area contributed by atoms with E-state index in [2.05, 4.69) is 10.0 Å². The Kier molecular flexibility index (Phi) is 4.18. The van der Waals surface area contributed by atoms with Crippen molar-refractivity contribution in [3.05, 3.63) is 54.3 Å². The van der Waals surface area contributed by atoms with Gasteiger partial charge in [0, 0.05) is 12.6 Å². The number of allylic oxidation sites excluding steroid dienone is 1. The summed E-state index contributed by atoms with van der Waals surface area (Å²) in [6.45, 7) is 3.33. The van der Waals surface area contributed by atoms with E-state index in [1.54, 1.807) is 36.4 Å². The first-order valence-corrected chi connectivity index (χ1v) is 8.05. The minimum atomic E-state index is -3.58. The number of benzene rings is 1. The van der Waals surface area contributed by atoms with Crippen LogP contribution in [0.4, 0.5) is 0 Å². The molecule has 2 rings (SSSR count). The highest BCUT2D eigenvalue weighted by Crippen LogP contribution is 2.20. The lowest BCUT2D eigenvalue weighted by atomic mass is 9.92. The summed E-state index contributed by atoms with van der Waals surface area (Å²) in [5.74, 6) is -0.121. The van der Waals surface area contributed by atoms with Crippen molar-refractivity contribution in [1.82, 2.24) is 10.0 Å². The van der Waals surface area contributed by atoms with E-state index in [9.17, 15) is 13.2 Å². The number of sulfonamides is 1. The predicted octanol–water partition coefficient (Wildman–Crippen LogP) is 1.70. The molecular formula is C15H18N2O3S. The summed E-state index contributed by atoms with van der Waals surface area (Å²) in [6, 6.07) is 8.19. The van der Waals surface area contributed by atoms with E-state index in [1.165, 1.54) is 19.1 Å². The minimum absolute atomic E-state index is 0.121. The van der Waals surface area contributed by atoms with E-state index in [0.717, 1.165) is 0 Å². The molecule has 0 heterocycles. The lowest BCUT2D eigenvalue weighted by Gasteiger charge is -2.28. The fourth-order valence-electron chi connectivity index (χ4n) is 2.12. The van der Waals surface area contributed by atoms with Crippen molar-refractivity contribution in [3.63, 3.8) is 0 Å². The number of hydrogen-bond acceptors (Lipinski definition) is 3. The molecule has 1 unspecified atom stereocenters. The zero-order chi connectivity index (χ0) is 15.5. The van der Waals surface area contributed by atoms with Crippen LogP contribution in [0.25, 0.3) is 0 Å². The van der Waals surface area contributed by atoms with Crippen molar-refractivity contribution in [2.75, 3.05) is 0 Å². The highest BCUT2D eigenvalue weighted by molar-refractivity contribution is 7.89. The van der Waals surface area contributed by atoms with Crippen LogP contribution in [0, 0.1) is 0 Å². The van der Waals surface area contributed by atoms with Gasteiger partial charge in [-0.3, -0.25) is 9.52 Å². The molecule has 0 bridgehead atoms. The van der Waals surface area contributed by atoms with Crippen LogP contribution < -0.4 is 10.0 Å². The maximum absolute atomic E-state index is 12.2. The van der Waals surface area contributed by atoms with Crippen molar-refractivity contribution in [2.24, 2.45) is 0 Å². The van der Waals surface area contributed by atoms with Gasteiger partial charge < -0.3 is 5.32 Å². The van der Waals surface area contributed by atoms with Gasteiger partial charge in [0.25, 0.3) is 10.0 Å². The molecule has 0 aromatic heterocycles. The third kappa shape index (κ3) is 3.95. The van der Waals surface area contributed by atoms with E-state index in [1.807, 2.05) is 6.92 Å². The van der Waals surface area contributed by atoms with Gasteiger partial charge in [0.05, 0.1) is 10.4 Å². The largest absolute Gasteiger partial charge is 0.347 e. The Labute approximate surface area is 124 Å². The number of carbonyl (C=O) groups excluding carboxylic acids is 1. The molecule has 0 fully saturated rings. The van der Waals surface area contributed by atoms with E-state index >= 15 is 0 Å². The van der Waals surface area contributed by atoms with Gasteiger partial charge in [-0.1, -0.05) is 30.4 Å². The van der Waals surface area contributed by atoms with E-state index < -0.39 is 15.6 Å².